The molecule has 0 unspecified atom stereocenters. The summed E-state index contributed by atoms with van der Waals surface area (Å²) in [5.41, 5.74) is 9.25. The molecule has 0 aliphatic rings. The van der Waals surface area contributed by atoms with Crippen LogP contribution in [0.3, 0.4) is 0 Å². The standard InChI is InChI=1S/C13H16N4/c1-9-12(13(14)15)10(2)17(16-9)8-11-6-4-3-5-7-11/h3-7H,8H2,1-2H3,(H3,14,15). The molecule has 0 amide bonds. The van der Waals surface area contributed by atoms with Crippen LogP contribution in [0.4, 0.5) is 0 Å². The Balaban J connectivity index is 2.35. The maximum atomic E-state index is 7.53. The lowest BCUT2D eigenvalue weighted by Crippen LogP contribution is -2.13. The number of amidine groups is 1. The van der Waals surface area contributed by atoms with Crippen LogP contribution < -0.4 is 5.73 Å². The van der Waals surface area contributed by atoms with Crippen molar-refractivity contribution in [2.75, 3.05) is 0 Å². The molecule has 0 fully saturated rings. The first-order valence-electron chi connectivity index (χ1n) is 5.52. The summed E-state index contributed by atoms with van der Waals surface area (Å²) in [6, 6.07) is 10.1. The molecule has 0 spiro atoms. The minimum atomic E-state index is 0.0827. The van der Waals surface area contributed by atoms with Crippen LogP contribution in [0.25, 0.3) is 0 Å². The summed E-state index contributed by atoms with van der Waals surface area (Å²) in [5.74, 6) is 0.0827. The van der Waals surface area contributed by atoms with E-state index < -0.39 is 0 Å². The molecule has 1 aromatic heterocycles. The molecular weight excluding hydrogens is 212 g/mol. The van der Waals surface area contributed by atoms with Crippen LogP contribution >= 0.6 is 0 Å². The number of aryl methyl sites for hydroxylation is 1. The molecule has 4 nitrogen and oxygen atoms in total. The van der Waals surface area contributed by atoms with Crippen LogP contribution in [0.1, 0.15) is 22.5 Å². The van der Waals surface area contributed by atoms with Gasteiger partial charge in [-0.05, 0) is 19.4 Å². The van der Waals surface area contributed by atoms with Gasteiger partial charge in [0.1, 0.15) is 5.84 Å². The summed E-state index contributed by atoms with van der Waals surface area (Å²) < 4.78 is 1.89. The van der Waals surface area contributed by atoms with E-state index in [9.17, 15) is 0 Å². The Labute approximate surface area is 101 Å². The molecular formula is C13H16N4. The Morgan fingerprint density at radius 3 is 2.47 bits per heavy atom. The highest BCUT2D eigenvalue weighted by Crippen LogP contribution is 2.13. The van der Waals surface area contributed by atoms with Crippen molar-refractivity contribution in [3.63, 3.8) is 0 Å². The van der Waals surface area contributed by atoms with E-state index in [1.807, 2.05) is 36.7 Å². The Kier molecular flexibility index (Phi) is 2.95. The molecule has 0 saturated carbocycles. The number of nitrogens with one attached hydrogen (secondary N) is 1. The van der Waals surface area contributed by atoms with Crippen LogP contribution in [0, 0.1) is 19.3 Å². The van der Waals surface area contributed by atoms with Crippen LogP contribution in [0.5, 0.6) is 0 Å². The van der Waals surface area contributed by atoms with Crippen molar-refractivity contribution in [3.8, 4) is 0 Å². The summed E-state index contributed by atoms with van der Waals surface area (Å²) in [6.07, 6.45) is 0. The van der Waals surface area contributed by atoms with E-state index in [-0.39, 0.29) is 5.84 Å². The SMILES string of the molecule is Cc1nn(Cc2ccccc2)c(C)c1C(=N)N. The van der Waals surface area contributed by atoms with Gasteiger partial charge in [-0.2, -0.15) is 5.10 Å². The second kappa shape index (κ2) is 4.41. The lowest BCUT2D eigenvalue weighted by molar-refractivity contribution is 0.659. The number of aromatic nitrogens is 2. The molecule has 2 aromatic rings. The number of hydrogen-bond donors (Lipinski definition) is 2. The van der Waals surface area contributed by atoms with E-state index in [4.69, 9.17) is 11.1 Å². The van der Waals surface area contributed by atoms with E-state index in [1.165, 1.54) is 5.56 Å². The smallest absolute Gasteiger partial charge is 0.126 e. The highest BCUT2D eigenvalue weighted by atomic mass is 15.3. The Morgan fingerprint density at radius 2 is 1.94 bits per heavy atom. The fraction of sp³-hybridized carbons (Fsp3) is 0.231. The Bertz CT molecular complexity index is 540. The Morgan fingerprint density at radius 1 is 1.29 bits per heavy atom. The number of nitrogens with two attached hydrogens (primary N) is 1. The quantitative estimate of drug-likeness (QED) is 0.621. The summed E-state index contributed by atoms with van der Waals surface area (Å²) in [6.45, 7) is 4.53. The molecule has 2 rings (SSSR count). The summed E-state index contributed by atoms with van der Waals surface area (Å²) >= 11 is 0. The van der Waals surface area contributed by atoms with Crippen LogP contribution in [0.2, 0.25) is 0 Å². The molecule has 17 heavy (non-hydrogen) atoms. The van der Waals surface area contributed by atoms with Crippen molar-refractivity contribution in [3.05, 3.63) is 52.8 Å². The number of benzene rings is 1. The van der Waals surface area contributed by atoms with Crippen molar-refractivity contribution < 1.29 is 0 Å². The number of nitrogen functional groups attached to an aromatic ring is 1. The third-order valence-corrected chi connectivity index (χ3v) is 2.83. The molecule has 0 aliphatic carbocycles. The van der Waals surface area contributed by atoms with Crippen molar-refractivity contribution in [2.45, 2.75) is 20.4 Å². The van der Waals surface area contributed by atoms with Gasteiger partial charge in [-0.1, -0.05) is 30.3 Å². The first-order valence-corrected chi connectivity index (χ1v) is 5.52. The van der Waals surface area contributed by atoms with Crippen LogP contribution in [-0.2, 0) is 6.54 Å². The van der Waals surface area contributed by atoms with Crippen LogP contribution in [0.15, 0.2) is 30.3 Å². The van der Waals surface area contributed by atoms with Gasteiger partial charge in [-0.3, -0.25) is 10.1 Å². The normalized spacial score (nSPS) is 10.5. The summed E-state index contributed by atoms with van der Waals surface area (Å²) in [5, 5.41) is 12.0. The molecule has 0 radical (unpaired) electrons. The van der Waals surface area contributed by atoms with Crippen LogP contribution in [-0.4, -0.2) is 15.6 Å². The Hall–Kier alpha value is -2.10. The first kappa shape index (κ1) is 11.4. The van der Waals surface area contributed by atoms with Gasteiger partial charge < -0.3 is 5.73 Å². The summed E-state index contributed by atoms with van der Waals surface area (Å²) in [7, 11) is 0. The van der Waals surface area contributed by atoms with Gasteiger partial charge in [0.05, 0.1) is 17.8 Å². The zero-order valence-electron chi connectivity index (χ0n) is 10.1. The maximum Gasteiger partial charge on any atom is 0.126 e. The highest BCUT2D eigenvalue weighted by Gasteiger charge is 2.13. The third kappa shape index (κ3) is 2.20. The van der Waals surface area contributed by atoms with Gasteiger partial charge in [-0.25, -0.2) is 0 Å². The predicted molar refractivity (Wildman–Crippen MR) is 68.3 cm³/mol. The van der Waals surface area contributed by atoms with E-state index in [0.29, 0.717) is 6.54 Å². The highest BCUT2D eigenvalue weighted by molar-refractivity contribution is 5.97. The molecule has 0 saturated heterocycles. The fourth-order valence-electron chi connectivity index (χ4n) is 2.00. The molecule has 88 valence electrons. The van der Waals surface area contributed by atoms with Crippen molar-refractivity contribution in [2.24, 2.45) is 5.73 Å². The predicted octanol–water partition coefficient (Wildman–Crippen LogP) is 1.83. The minimum absolute atomic E-state index is 0.0827. The zero-order valence-corrected chi connectivity index (χ0v) is 10.1. The molecule has 0 atom stereocenters. The molecule has 0 aliphatic heterocycles. The van der Waals surface area contributed by atoms with Gasteiger partial charge in [-0.15, -0.1) is 0 Å². The lowest BCUT2D eigenvalue weighted by atomic mass is 10.2. The van der Waals surface area contributed by atoms with Crippen molar-refractivity contribution in [1.82, 2.24) is 9.78 Å². The maximum absolute atomic E-state index is 7.53. The summed E-state index contributed by atoms with van der Waals surface area (Å²) in [4.78, 5) is 0. The molecule has 4 heteroatoms. The second-order valence-corrected chi connectivity index (χ2v) is 4.10. The molecule has 0 bridgehead atoms. The largest absolute Gasteiger partial charge is 0.384 e. The second-order valence-electron chi connectivity index (χ2n) is 4.10. The van der Waals surface area contributed by atoms with Gasteiger partial charge in [0.2, 0.25) is 0 Å². The average Bonchev–Trinajstić information content (AvgIpc) is 2.55. The monoisotopic (exact) mass is 228 g/mol. The zero-order chi connectivity index (χ0) is 12.4. The van der Waals surface area contributed by atoms with E-state index in [1.54, 1.807) is 0 Å². The van der Waals surface area contributed by atoms with E-state index in [2.05, 4.69) is 17.2 Å². The van der Waals surface area contributed by atoms with Gasteiger partial charge in [0.15, 0.2) is 0 Å². The van der Waals surface area contributed by atoms with Gasteiger partial charge >= 0.3 is 0 Å². The van der Waals surface area contributed by atoms with E-state index in [0.717, 1.165) is 17.0 Å². The first-order chi connectivity index (χ1) is 8.09. The number of rotatable bonds is 3. The van der Waals surface area contributed by atoms with E-state index >= 15 is 0 Å². The van der Waals surface area contributed by atoms with Crippen molar-refractivity contribution >= 4 is 5.84 Å². The van der Waals surface area contributed by atoms with Gasteiger partial charge in [0, 0.05) is 5.69 Å². The molecule has 1 heterocycles. The van der Waals surface area contributed by atoms with Gasteiger partial charge in [0.25, 0.3) is 0 Å². The topological polar surface area (TPSA) is 67.7 Å². The average molecular weight is 228 g/mol. The number of nitrogens with zero attached hydrogens (tertiary/aromatic N) is 2. The lowest BCUT2D eigenvalue weighted by Gasteiger charge is -2.05. The number of hydrogen-bond acceptors (Lipinski definition) is 2. The molecule has 3 N–H and O–H groups in total. The fourth-order valence-corrected chi connectivity index (χ4v) is 2.00. The minimum Gasteiger partial charge on any atom is -0.384 e. The third-order valence-electron chi connectivity index (χ3n) is 2.83. The molecule has 1 aromatic carbocycles. The van der Waals surface area contributed by atoms with Crippen molar-refractivity contribution in [1.29, 1.82) is 5.41 Å².